The second-order valence-electron chi connectivity index (χ2n) is 3.55. The summed E-state index contributed by atoms with van der Waals surface area (Å²) in [6, 6.07) is 5.89. The van der Waals surface area contributed by atoms with Crippen LogP contribution in [0.2, 0.25) is 0 Å². The van der Waals surface area contributed by atoms with Crippen LogP contribution in [0.5, 0.6) is 0 Å². The van der Waals surface area contributed by atoms with Gasteiger partial charge in [-0.05, 0) is 24.3 Å². The predicted molar refractivity (Wildman–Crippen MR) is 64.8 cm³/mol. The van der Waals surface area contributed by atoms with Crippen LogP contribution in [0.3, 0.4) is 0 Å². The average Bonchev–Trinajstić information content (AvgIpc) is 2.69. The summed E-state index contributed by atoms with van der Waals surface area (Å²) in [7, 11) is 1.74. The van der Waals surface area contributed by atoms with Crippen LogP contribution >= 0.6 is 11.8 Å². The highest BCUT2D eigenvalue weighted by molar-refractivity contribution is 7.99. The van der Waals surface area contributed by atoms with E-state index in [4.69, 9.17) is 5.11 Å². The van der Waals surface area contributed by atoms with Crippen LogP contribution in [0.4, 0.5) is 4.39 Å². The fraction of sp³-hybridized carbons (Fsp3) is 0.182. The summed E-state index contributed by atoms with van der Waals surface area (Å²) in [5.41, 5.74) is 0.730. The number of carbonyl (C=O) groups is 1. The lowest BCUT2D eigenvalue weighted by Gasteiger charge is -2.02. The van der Waals surface area contributed by atoms with Crippen molar-refractivity contribution in [2.45, 2.75) is 5.16 Å². The zero-order chi connectivity index (χ0) is 13.1. The van der Waals surface area contributed by atoms with Crippen molar-refractivity contribution >= 4 is 17.7 Å². The number of aromatic nitrogens is 3. The molecule has 1 N–H and O–H groups in total. The molecule has 0 amide bonds. The molecule has 0 aliphatic rings. The highest BCUT2D eigenvalue weighted by atomic mass is 32.2. The number of hydrogen-bond donors (Lipinski definition) is 1. The van der Waals surface area contributed by atoms with E-state index in [0.717, 1.165) is 17.3 Å². The van der Waals surface area contributed by atoms with Gasteiger partial charge in [-0.25, -0.2) is 4.39 Å². The molecule has 0 aliphatic carbocycles. The van der Waals surface area contributed by atoms with Crippen molar-refractivity contribution in [1.82, 2.24) is 14.8 Å². The Kier molecular flexibility index (Phi) is 3.61. The smallest absolute Gasteiger partial charge is 0.313 e. The molecule has 7 heteroatoms. The number of halogens is 1. The van der Waals surface area contributed by atoms with E-state index in [1.54, 1.807) is 23.7 Å². The zero-order valence-electron chi connectivity index (χ0n) is 9.50. The third-order valence-corrected chi connectivity index (χ3v) is 3.27. The van der Waals surface area contributed by atoms with E-state index < -0.39 is 5.97 Å². The first-order chi connectivity index (χ1) is 8.58. The largest absolute Gasteiger partial charge is 0.481 e. The van der Waals surface area contributed by atoms with Crippen LogP contribution in [-0.4, -0.2) is 31.6 Å². The predicted octanol–water partition coefficient (Wildman–Crippen LogP) is 1.80. The van der Waals surface area contributed by atoms with Crippen LogP contribution < -0.4 is 0 Å². The molecule has 2 aromatic rings. The molecule has 0 saturated heterocycles. The van der Waals surface area contributed by atoms with Crippen LogP contribution in [0, 0.1) is 5.82 Å². The molecule has 0 atom stereocenters. The molecule has 0 bridgehead atoms. The molecule has 1 aromatic carbocycles. The third-order valence-electron chi connectivity index (χ3n) is 2.26. The van der Waals surface area contributed by atoms with Crippen molar-refractivity contribution in [1.29, 1.82) is 0 Å². The lowest BCUT2D eigenvalue weighted by Crippen LogP contribution is -2.01. The summed E-state index contributed by atoms with van der Waals surface area (Å²) in [5.74, 6) is -0.731. The first-order valence-electron chi connectivity index (χ1n) is 5.08. The number of carboxylic acids is 1. The highest BCUT2D eigenvalue weighted by Gasteiger charge is 2.12. The molecule has 5 nitrogen and oxygen atoms in total. The van der Waals surface area contributed by atoms with E-state index in [0.29, 0.717) is 11.0 Å². The molecule has 0 unspecified atom stereocenters. The number of hydrogen-bond acceptors (Lipinski definition) is 4. The number of nitrogens with zero attached hydrogens (tertiary/aromatic N) is 3. The second kappa shape index (κ2) is 5.18. The molecule has 94 valence electrons. The molecule has 0 aliphatic heterocycles. The molecule has 0 saturated carbocycles. The van der Waals surface area contributed by atoms with Crippen molar-refractivity contribution < 1.29 is 14.3 Å². The van der Waals surface area contributed by atoms with Gasteiger partial charge in [0, 0.05) is 12.6 Å². The van der Waals surface area contributed by atoms with Gasteiger partial charge >= 0.3 is 5.97 Å². The van der Waals surface area contributed by atoms with Crippen LogP contribution in [-0.2, 0) is 11.8 Å². The monoisotopic (exact) mass is 267 g/mol. The van der Waals surface area contributed by atoms with Gasteiger partial charge in [0.1, 0.15) is 5.82 Å². The summed E-state index contributed by atoms with van der Waals surface area (Å²) in [6.07, 6.45) is 0. The van der Waals surface area contributed by atoms with Gasteiger partial charge in [0.05, 0.1) is 5.75 Å². The van der Waals surface area contributed by atoms with Gasteiger partial charge in [0.25, 0.3) is 0 Å². The van der Waals surface area contributed by atoms with E-state index >= 15 is 0 Å². The third kappa shape index (κ3) is 2.67. The molecular weight excluding hydrogens is 257 g/mol. The summed E-state index contributed by atoms with van der Waals surface area (Å²) < 4.78 is 14.5. The first kappa shape index (κ1) is 12.6. The zero-order valence-corrected chi connectivity index (χ0v) is 10.3. The summed E-state index contributed by atoms with van der Waals surface area (Å²) in [5, 5.41) is 17.0. The van der Waals surface area contributed by atoms with Gasteiger partial charge in [-0.1, -0.05) is 11.8 Å². The fourth-order valence-corrected chi connectivity index (χ4v) is 2.05. The maximum Gasteiger partial charge on any atom is 0.313 e. The minimum absolute atomic E-state index is 0.0740. The molecule has 18 heavy (non-hydrogen) atoms. The molecule has 0 fully saturated rings. The standard InChI is InChI=1S/C11H10FN3O2S/c1-15-10(7-2-4-8(12)5-3-7)13-14-11(15)18-6-9(16)17/h2-5H,6H2,1H3,(H,16,17). The summed E-state index contributed by atoms with van der Waals surface area (Å²) in [6.45, 7) is 0. The minimum atomic E-state index is -0.911. The van der Waals surface area contributed by atoms with Gasteiger partial charge in [-0.15, -0.1) is 10.2 Å². The quantitative estimate of drug-likeness (QED) is 0.855. The molecule has 0 spiro atoms. The number of aliphatic carboxylic acids is 1. The maximum atomic E-state index is 12.8. The Hall–Kier alpha value is -1.89. The SMILES string of the molecule is Cn1c(SCC(=O)O)nnc1-c1ccc(F)cc1. The van der Waals surface area contributed by atoms with Crippen LogP contribution in [0.25, 0.3) is 11.4 Å². The number of carboxylic acid groups (broad SMARTS) is 1. The average molecular weight is 267 g/mol. The normalized spacial score (nSPS) is 10.6. The Morgan fingerprint density at radius 1 is 1.39 bits per heavy atom. The van der Waals surface area contributed by atoms with Gasteiger partial charge < -0.3 is 9.67 Å². The van der Waals surface area contributed by atoms with Crippen LogP contribution in [0.15, 0.2) is 29.4 Å². The van der Waals surface area contributed by atoms with E-state index in [1.807, 2.05) is 0 Å². The van der Waals surface area contributed by atoms with Gasteiger partial charge in [0.2, 0.25) is 0 Å². The molecule has 1 aromatic heterocycles. The molecule has 0 radical (unpaired) electrons. The van der Waals surface area contributed by atoms with E-state index in [-0.39, 0.29) is 11.6 Å². The summed E-state index contributed by atoms with van der Waals surface area (Å²) >= 11 is 1.09. The number of thioether (sulfide) groups is 1. The highest BCUT2D eigenvalue weighted by Crippen LogP contribution is 2.22. The maximum absolute atomic E-state index is 12.8. The van der Waals surface area contributed by atoms with Crippen molar-refractivity contribution in [3.63, 3.8) is 0 Å². The lowest BCUT2D eigenvalue weighted by atomic mass is 10.2. The second-order valence-corrected chi connectivity index (χ2v) is 4.50. The molecule has 1 heterocycles. The Morgan fingerprint density at radius 2 is 2.06 bits per heavy atom. The Balaban J connectivity index is 2.25. The molecular formula is C11H10FN3O2S. The van der Waals surface area contributed by atoms with Crippen molar-refractivity contribution in [3.8, 4) is 11.4 Å². The first-order valence-corrected chi connectivity index (χ1v) is 6.06. The number of benzene rings is 1. The van der Waals surface area contributed by atoms with Crippen molar-refractivity contribution in [2.24, 2.45) is 7.05 Å². The van der Waals surface area contributed by atoms with Crippen molar-refractivity contribution in [3.05, 3.63) is 30.1 Å². The van der Waals surface area contributed by atoms with E-state index in [9.17, 15) is 9.18 Å². The van der Waals surface area contributed by atoms with E-state index in [2.05, 4.69) is 10.2 Å². The Morgan fingerprint density at radius 3 is 2.67 bits per heavy atom. The Labute approximate surface area is 107 Å². The minimum Gasteiger partial charge on any atom is -0.481 e. The molecule has 2 rings (SSSR count). The Bertz CT molecular complexity index is 568. The van der Waals surface area contributed by atoms with E-state index in [1.165, 1.54) is 12.1 Å². The fourth-order valence-electron chi connectivity index (χ4n) is 1.42. The topological polar surface area (TPSA) is 68.0 Å². The lowest BCUT2D eigenvalue weighted by molar-refractivity contribution is -0.133. The van der Waals surface area contributed by atoms with Crippen LogP contribution in [0.1, 0.15) is 0 Å². The van der Waals surface area contributed by atoms with Gasteiger partial charge in [-0.2, -0.15) is 0 Å². The van der Waals surface area contributed by atoms with Gasteiger partial charge in [0.15, 0.2) is 11.0 Å². The van der Waals surface area contributed by atoms with Crippen molar-refractivity contribution in [2.75, 3.05) is 5.75 Å². The van der Waals surface area contributed by atoms with Gasteiger partial charge in [-0.3, -0.25) is 4.79 Å². The number of rotatable bonds is 4. The summed E-state index contributed by atoms with van der Waals surface area (Å²) in [4.78, 5) is 10.5.